The first-order valence-corrected chi connectivity index (χ1v) is 7.18. The number of amides is 1. The SMILES string of the molecule is COc1cc2c(cc1OC)CN(C(=O)COC(C)C)CC2. The van der Waals surface area contributed by atoms with Crippen LogP contribution in [0.5, 0.6) is 11.5 Å². The predicted octanol–water partition coefficient (Wildman–Crippen LogP) is 2.01. The van der Waals surface area contributed by atoms with Gasteiger partial charge in [0, 0.05) is 13.1 Å². The Morgan fingerprint density at radius 2 is 1.81 bits per heavy atom. The summed E-state index contributed by atoms with van der Waals surface area (Å²) in [5.41, 5.74) is 2.32. The van der Waals surface area contributed by atoms with Crippen molar-refractivity contribution in [2.75, 3.05) is 27.4 Å². The van der Waals surface area contributed by atoms with Crippen molar-refractivity contribution in [2.24, 2.45) is 0 Å². The summed E-state index contributed by atoms with van der Waals surface area (Å²) in [5.74, 6) is 1.47. The van der Waals surface area contributed by atoms with Gasteiger partial charge in [-0.25, -0.2) is 0 Å². The molecule has 5 heteroatoms. The third-order valence-corrected chi connectivity index (χ3v) is 3.61. The Morgan fingerprint density at radius 3 is 2.38 bits per heavy atom. The molecule has 21 heavy (non-hydrogen) atoms. The molecule has 1 aromatic rings. The molecular formula is C16H23NO4. The van der Waals surface area contributed by atoms with Crippen molar-refractivity contribution < 1.29 is 19.0 Å². The maximum absolute atomic E-state index is 12.1. The highest BCUT2D eigenvalue weighted by Crippen LogP contribution is 2.33. The molecule has 0 radical (unpaired) electrons. The third kappa shape index (κ3) is 3.67. The highest BCUT2D eigenvalue weighted by Gasteiger charge is 2.22. The van der Waals surface area contributed by atoms with Crippen LogP contribution in [0, 0.1) is 0 Å². The van der Waals surface area contributed by atoms with Crippen LogP contribution in [0.1, 0.15) is 25.0 Å². The van der Waals surface area contributed by atoms with Crippen molar-refractivity contribution in [3.8, 4) is 11.5 Å². The molecule has 5 nitrogen and oxygen atoms in total. The Kier molecular flexibility index (Phi) is 5.07. The Morgan fingerprint density at radius 1 is 1.19 bits per heavy atom. The summed E-state index contributed by atoms with van der Waals surface area (Å²) in [6, 6.07) is 3.96. The van der Waals surface area contributed by atoms with Crippen molar-refractivity contribution in [1.82, 2.24) is 4.90 Å². The summed E-state index contributed by atoms with van der Waals surface area (Å²) in [6.07, 6.45) is 0.888. The molecule has 0 aromatic heterocycles. The molecular weight excluding hydrogens is 270 g/mol. The van der Waals surface area contributed by atoms with E-state index in [-0.39, 0.29) is 18.6 Å². The lowest BCUT2D eigenvalue weighted by molar-refractivity contribution is -0.138. The van der Waals surface area contributed by atoms with Gasteiger partial charge in [-0.3, -0.25) is 4.79 Å². The first-order chi connectivity index (χ1) is 10.0. The average molecular weight is 293 g/mol. The van der Waals surface area contributed by atoms with Crippen LogP contribution in [0.15, 0.2) is 12.1 Å². The van der Waals surface area contributed by atoms with Gasteiger partial charge in [-0.15, -0.1) is 0 Å². The predicted molar refractivity (Wildman–Crippen MR) is 79.8 cm³/mol. The molecule has 0 unspecified atom stereocenters. The van der Waals surface area contributed by atoms with E-state index in [2.05, 4.69) is 0 Å². The van der Waals surface area contributed by atoms with Crippen LogP contribution in [-0.2, 0) is 22.5 Å². The number of hydrogen-bond acceptors (Lipinski definition) is 4. The van der Waals surface area contributed by atoms with Crippen molar-refractivity contribution >= 4 is 5.91 Å². The minimum absolute atomic E-state index is 0.0316. The molecule has 0 atom stereocenters. The molecule has 0 bridgehead atoms. The van der Waals surface area contributed by atoms with Gasteiger partial charge in [0.1, 0.15) is 6.61 Å². The first kappa shape index (κ1) is 15.6. The minimum atomic E-state index is 0.0316. The molecule has 0 saturated heterocycles. The second-order valence-corrected chi connectivity index (χ2v) is 5.40. The Labute approximate surface area is 125 Å². The zero-order valence-electron chi connectivity index (χ0n) is 13.1. The fraction of sp³-hybridized carbons (Fsp3) is 0.562. The summed E-state index contributed by atoms with van der Waals surface area (Å²) in [7, 11) is 3.25. The molecule has 1 aliphatic heterocycles. The molecule has 1 heterocycles. The molecule has 1 aliphatic rings. The van der Waals surface area contributed by atoms with Crippen LogP contribution in [0.2, 0.25) is 0 Å². The number of fused-ring (bicyclic) bond motifs is 1. The first-order valence-electron chi connectivity index (χ1n) is 7.18. The standard InChI is InChI=1S/C16H23NO4/c1-11(2)21-10-16(18)17-6-5-12-7-14(19-3)15(20-4)8-13(12)9-17/h7-8,11H,5-6,9-10H2,1-4H3. The molecule has 0 aliphatic carbocycles. The molecule has 1 amide bonds. The monoisotopic (exact) mass is 293 g/mol. The molecule has 0 N–H and O–H groups in total. The summed E-state index contributed by atoms with van der Waals surface area (Å²) in [4.78, 5) is 14.0. The lowest BCUT2D eigenvalue weighted by atomic mass is 9.99. The summed E-state index contributed by atoms with van der Waals surface area (Å²) < 4.78 is 16.0. The van der Waals surface area contributed by atoms with Gasteiger partial charge in [0.05, 0.1) is 20.3 Å². The van der Waals surface area contributed by atoms with Crippen LogP contribution >= 0.6 is 0 Å². The molecule has 0 saturated carbocycles. The lowest BCUT2D eigenvalue weighted by Crippen LogP contribution is -2.38. The quantitative estimate of drug-likeness (QED) is 0.833. The normalized spacial score (nSPS) is 14.0. The summed E-state index contributed by atoms with van der Waals surface area (Å²) in [6.45, 7) is 5.30. The van der Waals surface area contributed by atoms with Gasteiger partial charge < -0.3 is 19.1 Å². The number of ether oxygens (including phenoxy) is 3. The maximum atomic E-state index is 12.1. The Hall–Kier alpha value is -1.75. The Balaban J connectivity index is 2.11. The summed E-state index contributed by atoms with van der Waals surface area (Å²) in [5, 5.41) is 0. The van der Waals surface area contributed by atoms with E-state index in [1.54, 1.807) is 14.2 Å². The second kappa shape index (κ2) is 6.80. The minimum Gasteiger partial charge on any atom is -0.493 e. The highest BCUT2D eigenvalue weighted by atomic mass is 16.5. The van der Waals surface area contributed by atoms with Crippen LogP contribution in [-0.4, -0.2) is 44.3 Å². The zero-order valence-corrected chi connectivity index (χ0v) is 13.1. The van der Waals surface area contributed by atoms with Gasteiger partial charge in [-0.05, 0) is 43.5 Å². The third-order valence-electron chi connectivity index (χ3n) is 3.61. The van der Waals surface area contributed by atoms with Gasteiger partial charge in [-0.1, -0.05) is 0 Å². The van der Waals surface area contributed by atoms with Crippen LogP contribution < -0.4 is 9.47 Å². The van der Waals surface area contributed by atoms with Crippen LogP contribution in [0.25, 0.3) is 0 Å². The molecule has 2 rings (SSSR count). The van der Waals surface area contributed by atoms with Gasteiger partial charge in [-0.2, -0.15) is 0 Å². The smallest absolute Gasteiger partial charge is 0.248 e. The number of methoxy groups -OCH3 is 2. The van der Waals surface area contributed by atoms with E-state index in [1.807, 2.05) is 30.9 Å². The topological polar surface area (TPSA) is 48.0 Å². The van der Waals surface area contributed by atoms with Crippen LogP contribution in [0.4, 0.5) is 0 Å². The number of hydrogen-bond donors (Lipinski definition) is 0. The zero-order chi connectivity index (χ0) is 15.4. The number of carbonyl (C=O) groups excluding carboxylic acids is 1. The summed E-state index contributed by atoms with van der Waals surface area (Å²) >= 11 is 0. The van der Waals surface area contributed by atoms with E-state index in [9.17, 15) is 4.79 Å². The highest BCUT2D eigenvalue weighted by molar-refractivity contribution is 5.77. The van der Waals surface area contributed by atoms with Gasteiger partial charge in [0.15, 0.2) is 11.5 Å². The van der Waals surface area contributed by atoms with E-state index in [0.717, 1.165) is 17.7 Å². The van der Waals surface area contributed by atoms with Gasteiger partial charge >= 0.3 is 0 Å². The van der Waals surface area contributed by atoms with E-state index in [4.69, 9.17) is 14.2 Å². The number of nitrogens with zero attached hydrogens (tertiary/aromatic N) is 1. The largest absolute Gasteiger partial charge is 0.493 e. The van der Waals surface area contributed by atoms with Crippen molar-refractivity contribution in [3.63, 3.8) is 0 Å². The fourth-order valence-corrected chi connectivity index (χ4v) is 2.43. The number of rotatable bonds is 5. The van der Waals surface area contributed by atoms with Gasteiger partial charge in [0.25, 0.3) is 0 Å². The van der Waals surface area contributed by atoms with E-state index in [1.165, 1.54) is 5.56 Å². The number of benzene rings is 1. The number of carbonyl (C=O) groups is 1. The maximum Gasteiger partial charge on any atom is 0.248 e. The Bertz CT molecular complexity index is 513. The van der Waals surface area contributed by atoms with Crippen molar-refractivity contribution in [2.45, 2.75) is 32.9 Å². The average Bonchev–Trinajstić information content (AvgIpc) is 2.50. The molecule has 1 aromatic carbocycles. The molecule has 116 valence electrons. The van der Waals surface area contributed by atoms with Gasteiger partial charge in [0.2, 0.25) is 5.91 Å². The van der Waals surface area contributed by atoms with Crippen molar-refractivity contribution in [1.29, 1.82) is 0 Å². The molecule has 0 fully saturated rings. The fourth-order valence-electron chi connectivity index (χ4n) is 2.43. The lowest BCUT2D eigenvalue weighted by Gasteiger charge is -2.29. The van der Waals surface area contributed by atoms with E-state index < -0.39 is 0 Å². The van der Waals surface area contributed by atoms with E-state index in [0.29, 0.717) is 18.8 Å². The second-order valence-electron chi connectivity index (χ2n) is 5.40. The molecule has 0 spiro atoms. The van der Waals surface area contributed by atoms with Crippen LogP contribution in [0.3, 0.4) is 0 Å². The van der Waals surface area contributed by atoms with Crippen molar-refractivity contribution in [3.05, 3.63) is 23.3 Å². The van der Waals surface area contributed by atoms with E-state index >= 15 is 0 Å².